The summed E-state index contributed by atoms with van der Waals surface area (Å²) in [6, 6.07) is 17.5. The molecule has 2 aromatic carbocycles. The lowest BCUT2D eigenvalue weighted by atomic mass is 9.99. The standard InChI is InChI=1S/C25H34N6/c1-6-25(4,5)31-24(26-27-28-31)23(21-12-8-7-9-13-21)30-17-15-29(16-18-30)22-14-10-11-19(2)20(22)3/h7-14,23H,6,15-18H2,1-5H3/p+1/t23-/m1/s1. The van der Waals surface area contributed by atoms with E-state index in [1.54, 1.807) is 0 Å². The largest absolute Gasteiger partial charge is 0.360 e. The third-order valence-electron chi connectivity index (χ3n) is 7.05. The van der Waals surface area contributed by atoms with E-state index in [0.29, 0.717) is 0 Å². The first-order valence-corrected chi connectivity index (χ1v) is 11.4. The average Bonchev–Trinajstić information content (AvgIpc) is 3.28. The molecule has 1 fully saturated rings. The van der Waals surface area contributed by atoms with Crippen LogP contribution < -0.4 is 9.80 Å². The van der Waals surface area contributed by atoms with E-state index in [-0.39, 0.29) is 11.6 Å². The van der Waals surface area contributed by atoms with Crippen molar-refractivity contribution in [1.82, 2.24) is 20.2 Å². The number of piperazine rings is 1. The molecule has 3 aromatic rings. The van der Waals surface area contributed by atoms with Crippen LogP contribution in [-0.4, -0.2) is 46.4 Å². The highest BCUT2D eigenvalue weighted by molar-refractivity contribution is 5.56. The third kappa shape index (κ3) is 4.22. The van der Waals surface area contributed by atoms with Crippen LogP contribution in [0, 0.1) is 13.8 Å². The van der Waals surface area contributed by atoms with Gasteiger partial charge in [-0.3, -0.25) is 0 Å². The average molecular weight is 420 g/mol. The van der Waals surface area contributed by atoms with Gasteiger partial charge >= 0.3 is 0 Å². The van der Waals surface area contributed by atoms with E-state index in [1.807, 2.05) is 0 Å². The van der Waals surface area contributed by atoms with E-state index < -0.39 is 0 Å². The number of nitrogens with zero attached hydrogens (tertiary/aromatic N) is 5. The van der Waals surface area contributed by atoms with Gasteiger partial charge in [0.15, 0.2) is 6.04 Å². The molecule has 1 saturated heterocycles. The Morgan fingerprint density at radius 2 is 1.71 bits per heavy atom. The summed E-state index contributed by atoms with van der Waals surface area (Å²) in [5.74, 6) is 0.966. The summed E-state index contributed by atoms with van der Waals surface area (Å²) in [7, 11) is 0. The molecular weight excluding hydrogens is 384 g/mol. The number of hydrogen-bond donors (Lipinski definition) is 1. The topological polar surface area (TPSA) is 51.3 Å². The molecule has 6 nitrogen and oxygen atoms in total. The molecule has 0 saturated carbocycles. The van der Waals surface area contributed by atoms with Crippen molar-refractivity contribution < 1.29 is 4.90 Å². The fourth-order valence-electron chi connectivity index (χ4n) is 4.57. The van der Waals surface area contributed by atoms with Crippen molar-refractivity contribution in [2.45, 2.75) is 52.6 Å². The molecule has 4 rings (SSSR count). The molecule has 6 heteroatoms. The number of benzene rings is 2. The highest BCUT2D eigenvalue weighted by Gasteiger charge is 2.37. The molecule has 1 atom stereocenters. The number of aromatic nitrogens is 4. The molecule has 31 heavy (non-hydrogen) atoms. The normalized spacial score (nSPS) is 16.5. The number of anilines is 1. The Morgan fingerprint density at radius 1 is 1.00 bits per heavy atom. The summed E-state index contributed by atoms with van der Waals surface area (Å²) in [6.07, 6.45) is 0.974. The van der Waals surface area contributed by atoms with Gasteiger partial charge in [-0.25, -0.2) is 4.68 Å². The first-order valence-electron chi connectivity index (χ1n) is 11.4. The highest BCUT2D eigenvalue weighted by atomic mass is 15.6. The first-order chi connectivity index (χ1) is 14.9. The molecule has 0 spiro atoms. The molecule has 1 aromatic heterocycles. The van der Waals surface area contributed by atoms with Gasteiger partial charge in [0, 0.05) is 11.3 Å². The Hall–Kier alpha value is -2.73. The van der Waals surface area contributed by atoms with Crippen molar-refractivity contribution in [3.63, 3.8) is 0 Å². The van der Waals surface area contributed by atoms with Crippen molar-refractivity contribution >= 4 is 5.69 Å². The Kier molecular flexibility index (Phi) is 6.10. The maximum Gasteiger partial charge on any atom is 0.214 e. The lowest BCUT2D eigenvalue weighted by Crippen LogP contribution is -3.15. The monoisotopic (exact) mass is 419 g/mol. The molecule has 0 radical (unpaired) electrons. The third-order valence-corrected chi connectivity index (χ3v) is 7.05. The first kappa shape index (κ1) is 21.5. The number of rotatable bonds is 6. The summed E-state index contributed by atoms with van der Waals surface area (Å²) in [5.41, 5.74) is 5.27. The van der Waals surface area contributed by atoms with Crippen LogP contribution in [0.1, 0.15) is 55.7 Å². The van der Waals surface area contributed by atoms with Crippen LogP contribution in [0.25, 0.3) is 0 Å². The summed E-state index contributed by atoms with van der Waals surface area (Å²) in [4.78, 5) is 4.06. The smallest absolute Gasteiger partial charge is 0.214 e. The Balaban J connectivity index is 1.63. The van der Waals surface area contributed by atoms with Crippen molar-refractivity contribution in [3.05, 3.63) is 71.0 Å². The van der Waals surface area contributed by atoms with Gasteiger partial charge in [-0.15, -0.1) is 5.10 Å². The van der Waals surface area contributed by atoms with E-state index in [0.717, 1.165) is 38.4 Å². The summed E-state index contributed by atoms with van der Waals surface area (Å²) >= 11 is 0. The van der Waals surface area contributed by atoms with Crippen molar-refractivity contribution in [1.29, 1.82) is 0 Å². The fraction of sp³-hybridized carbons (Fsp3) is 0.480. The van der Waals surface area contributed by atoms with E-state index in [1.165, 1.54) is 27.3 Å². The molecule has 0 aliphatic carbocycles. The summed E-state index contributed by atoms with van der Waals surface area (Å²) < 4.78 is 2.05. The molecular formula is C25H35N6+. The van der Waals surface area contributed by atoms with Crippen LogP contribution in [-0.2, 0) is 5.54 Å². The molecule has 2 heterocycles. The Labute approximate surface area is 185 Å². The Bertz CT molecular complexity index is 1000. The van der Waals surface area contributed by atoms with Crippen molar-refractivity contribution in [3.8, 4) is 0 Å². The van der Waals surface area contributed by atoms with Gasteiger partial charge in [-0.1, -0.05) is 49.4 Å². The number of tetrazole rings is 1. The molecule has 0 bridgehead atoms. The van der Waals surface area contributed by atoms with Crippen LogP contribution in [0.5, 0.6) is 0 Å². The number of nitrogens with one attached hydrogen (secondary N) is 1. The van der Waals surface area contributed by atoms with Crippen molar-refractivity contribution in [2.24, 2.45) is 0 Å². The molecule has 1 aliphatic heterocycles. The van der Waals surface area contributed by atoms with Gasteiger partial charge in [0.05, 0.1) is 31.7 Å². The van der Waals surface area contributed by atoms with Crippen LogP contribution >= 0.6 is 0 Å². The minimum absolute atomic E-state index is 0.119. The van der Waals surface area contributed by atoms with E-state index in [2.05, 4.69) is 108 Å². The minimum Gasteiger partial charge on any atom is -0.360 e. The van der Waals surface area contributed by atoms with Crippen LogP contribution in [0.2, 0.25) is 0 Å². The summed E-state index contributed by atoms with van der Waals surface area (Å²) in [6.45, 7) is 15.2. The van der Waals surface area contributed by atoms with Crippen molar-refractivity contribution in [2.75, 3.05) is 31.1 Å². The SMILES string of the molecule is CCC(C)(C)n1nnnc1[C@@H](c1ccccc1)[NH+]1CCN(c2cccc(C)c2C)CC1. The van der Waals surface area contributed by atoms with Gasteiger partial charge in [0.1, 0.15) is 0 Å². The van der Waals surface area contributed by atoms with Gasteiger partial charge in [-0.2, -0.15) is 0 Å². The van der Waals surface area contributed by atoms with Gasteiger partial charge in [-0.05, 0) is 61.7 Å². The van der Waals surface area contributed by atoms with Crippen LogP contribution in [0.4, 0.5) is 5.69 Å². The second-order valence-corrected chi connectivity index (χ2v) is 9.32. The van der Waals surface area contributed by atoms with Crippen LogP contribution in [0.3, 0.4) is 0 Å². The van der Waals surface area contributed by atoms with E-state index in [4.69, 9.17) is 0 Å². The van der Waals surface area contributed by atoms with E-state index in [9.17, 15) is 0 Å². The lowest BCUT2D eigenvalue weighted by Gasteiger charge is -2.38. The number of hydrogen-bond acceptors (Lipinski definition) is 4. The molecule has 1 aliphatic rings. The Morgan fingerprint density at radius 3 is 2.39 bits per heavy atom. The molecule has 164 valence electrons. The number of aryl methyl sites for hydroxylation is 1. The minimum atomic E-state index is -0.119. The molecule has 1 N–H and O–H groups in total. The second kappa shape index (κ2) is 8.79. The van der Waals surface area contributed by atoms with Gasteiger partial charge in [0.25, 0.3) is 0 Å². The van der Waals surface area contributed by atoms with Gasteiger partial charge in [0.2, 0.25) is 5.82 Å². The maximum atomic E-state index is 4.55. The number of quaternary nitrogens is 1. The van der Waals surface area contributed by atoms with E-state index >= 15 is 0 Å². The quantitative estimate of drug-likeness (QED) is 0.668. The highest BCUT2D eigenvalue weighted by Crippen LogP contribution is 2.26. The zero-order valence-corrected chi connectivity index (χ0v) is 19.5. The molecule has 0 unspecified atom stereocenters. The molecule has 0 amide bonds. The van der Waals surface area contributed by atoms with Crippen LogP contribution in [0.15, 0.2) is 48.5 Å². The predicted octanol–water partition coefficient (Wildman–Crippen LogP) is 2.93. The lowest BCUT2D eigenvalue weighted by molar-refractivity contribution is -0.927. The fourth-order valence-corrected chi connectivity index (χ4v) is 4.57. The maximum absolute atomic E-state index is 4.55. The zero-order chi connectivity index (χ0) is 22.0. The predicted molar refractivity (Wildman–Crippen MR) is 125 cm³/mol. The zero-order valence-electron chi connectivity index (χ0n) is 19.5. The summed E-state index contributed by atoms with van der Waals surface area (Å²) in [5, 5.41) is 13.1. The second-order valence-electron chi connectivity index (χ2n) is 9.32. The van der Waals surface area contributed by atoms with Gasteiger partial charge < -0.3 is 9.80 Å².